The number of carbonyl (C=O) groups excluding carboxylic acids is 1. The fourth-order valence-corrected chi connectivity index (χ4v) is 3.01. The van der Waals surface area contributed by atoms with E-state index in [-0.39, 0.29) is 5.91 Å². The van der Waals surface area contributed by atoms with Crippen LogP contribution in [-0.4, -0.2) is 64.0 Å². The number of amides is 1. The number of rotatable bonds is 4. The van der Waals surface area contributed by atoms with Gasteiger partial charge >= 0.3 is 11.9 Å². The number of aliphatic carboxylic acids is 2. The molecule has 1 fully saturated rings. The van der Waals surface area contributed by atoms with Crippen LogP contribution in [0, 0.1) is 0 Å². The van der Waals surface area contributed by atoms with Crippen LogP contribution in [0.3, 0.4) is 0 Å². The van der Waals surface area contributed by atoms with E-state index in [1.165, 1.54) is 5.56 Å². The van der Waals surface area contributed by atoms with Crippen molar-refractivity contribution in [1.82, 2.24) is 9.80 Å². The first kappa shape index (κ1) is 22.4. The molecule has 1 aliphatic heterocycles. The SMILES string of the molecule is O=C(Cc1ccccc1)N1CCN(Cc2ccc(Cl)cc2)CC1.O=C(O)C(=O)O. The molecule has 3 rings (SSSR count). The number of carboxylic acid groups (broad SMARTS) is 2. The average molecular weight is 419 g/mol. The Morgan fingerprint density at radius 3 is 1.86 bits per heavy atom. The third-order valence-electron chi connectivity index (χ3n) is 4.43. The number of halogens is 1. The number of benzene rings is 2. The average Bonchev–Trinajstić information content (AvgIpc) is 2.71. The predicted octanol–water partition coefficient (Wildman–Crippen LogP) is 2.38. The number of carboxylic acids is 2. The van der Waals surface area contributed by atoms with Crippen LogP contribution < -0.4 is 0 Å². The maximum atomic E-state index is 12.4. The first-order chi connectivity index (χ1) is 13.8. The summed E-state index contributed by atoms with van der Waals surface area (Å²) in [6, 6.07) is 17.9. The minimum atomic E-state index is -1.82. The summed E-state index contributed by atoms with van der Waals surface area (Å²) in [5.41, 5.74) is 2.35. The lowest BCUT2D eigenvalue weighted by molar-refractivity contribution is -0.159. The number of carbonyl (C=O) groups is 3. The minimum Gasteiger partial charge on any atom is -0.473 e. The maximum absolute atomic E-state index is 12.4. The minimum absolute atomic E-state index is 0.224. The molecule has 0 aliphatic carbocycles. The van der Waals surface area contributed by atoms with Crippen LogP contribution in [0.25, 0.3) is 0 Å². The third kappa shape index (κ3) is 7.93. The standard InChI is InChI=1S/C19H21ClN2O.C2H2O4/c20-18-8-6-17(7-9-18)15-21-10-12-22(13-11-21)19(23)14-16-4-2-1-3-5-16;3-1(4)2(5)6/h1-9H,10-15H2;(H,3,4)(H,5,6). The van der Waals surface area contributed by atoms with E-state index in [4.69, 9.17) is 31.4 Å². The Balaban J connectivity index is 0.000000438. The van der Waals surface area contributed by atoms with Gasteiger partial charge in [-0.25, -0.2) is 9.59 Å². The van der Waals surface area contributed by atoms with E-state index in [0.29, 0.717) is 6.42 Å². The first-order valence-electron chi connectivity index (χ1n) is 9.10. The van der Waals surface area contributed by atoms with Crippen molar-refractivity contribution in [3.05, 3.63) is 70.7 Å². The van der Waals surface area contributed by atoms with Gasteiger partial charge in [-0.3, -0.25) is 9.69 Å². The van der Waals surface area contributed by atoms with Crippen molar-refractivity contribution in [3.8, 4) is 0 Å². The molecule has 0 spiro atoms. The lowest BCUT2D eigenvalue weighted by Gasteiger charge is -2.34. The van der Waals surface area contributed by atoms with Crippen molar-refractivity contribution in [2.75, 3.05) is 26.2 Å². The Morgan fingerprint density at radius 2 is 1.34 bits per heavy atom. The molecule has 2 aromatic carbocycles. The highest BCUT2D eigenvalue weighted by Crippen LogP contribution is 2.13. The lowest BCUT2D eigenvalue weighted by atomic mass is 10.1. The smallest absolute Gasteiger partial charge is 0.414 e. The topological polar surface area (TPSA) is 98.2 Å². The van der Waals surface area contributed by atoms with E-state index < -0.39 is 11.9 Å². The van der Waals surface area contributed by atoms with Gasteiger partial charge < -0.3 is 15.1 Å². The van der Waals surface area contributed by atoms with E-state index in [1.54, 1.807) is 0 Å². The highest BCUT2D eigenvalue weighted by Gasteiger charge is 2.21. The number of nitrogens with zero attached hydrogens (tertiary/aromatic N) is 2. The van der Waals surface area contributed by atoms with Crippen LogP contribution in [0.2, 0.25) is 5.02 Å². The Hall–Kier alpha value is -2.90. The molecule has 1 aliphatic rings. The largest absolute Gasteiger partial charge is 0.473 e. The van der Waals surface area contributed by atoms with Gasteiger partial charge in [-0.1, -0.05) is 54.1 Å². The van der Waals surface area contributed by atoms with Gasteiger partial charge in [0.15, 0.2) is 0 Å². The summed E-state index contributed by atoms with van der Waals surface area (Å²) in [6.45, 7) is 4.36. The fourth-order valence-electron chi connectivity index (χ4n) is 2.89. The van der Waals surface area contributed by atoms with Crippen LogP contribution >= 0.6 is 11.6 Å². The summed E-state index contributed by atoms with van der Waals surface area (Å²) in [5.74, 6) is -3.42. The normalized spacial score (nSPS) is 13.9. The predicted molar refractivity (Wildman–Crippen MR) is 109 cm³/mol. The molecule has 0 saturated carbocycles. The Labute approximate surface area is 174 Å². The Kier molecular flexibility index (Phi) is 8.64. The zero-order chi connectivity index (χ0) is 21.2. The van der Waals surface area contributed by atoms with Crippen LogP contribution in [0.4, 0.5) is 0 Å². The van der Waals surface area contributed by atoms with Crippen molar-refractivity contribution in [2.24, 2.45) is 0 Å². The molecular formula is C21H23ClN2O5. The molecule has 7 nitrogen and oxygen atoms in total. The molecule has 0 bridgehead atoms. The summed E-state index contributed by atoms with van der Waals surface area (Å²) >= 11 is 5.92. The second kappa shape index (κ2) is 11.2. The van der Waals surface area contributed by atoms with Gasteiger partial charge in [-0.15, -0.1) is 0 Å². The number of piperazine rings is 1. The lowest BCUT2D eigenvalue weighted by Crippen LogP contribution is -2.48. The van der Waals surface area contributed by atoms with Crippen LogP contribution in [0.5, 0.6) is 0 Å². The monoisotopic (exact) mass is 418 g/mol. The van der Waals surface area contributed by atoms with Gasteiger partial charge in [0.25, 0.3) is 0 Å². The van der Waals surface area contributed by atoms with Gasteiger partial charge in [0.1, 0.15) is 0 Å². The van der Waals surface area contributed by atoms with Gasteiger partial charge in [-0.2, -0.15) is 0 Å². The summed E-state index contributed by atoms with van der Waals surface area (Å²) in [5, 5.41) is 15.6. The van der Waals surface area contributed by atoms with Crippen molar-refractivity contribution < 1.29 is 24.6 Å². The van der Waals surface area contributed by atoms with Gasteiger partial charge in [0, 0.05) is 37.7 Å². The number of hydrogen-bond donors (Lipinski definition) is 2. The van der Waals surface area contributed by atoms with Crippen LogP contribution in [0.15, 0.2) is 54.6 Å². The summed E-state index contributed by atoms with van der Waals surface area (Å²) < 4.78 is 0. The second-order valence-electron chi connectivity index (χ2n) is 6.56. The van der Waals surface area contributed by atoms with E-state index >= 15 is 0 Å². The maximum Gasteiger partial charge on any atom is 0.414 e. The molecule has 0 unspecified atom stereocenters. The molecule has 0 radical (unpaired) electrons. The van der Waals surface area contributed by atoms with Crippen LogP contribution in [-0.2, 0) is 27.3 Å². The molecule has 2 aromatic rings. The molecule has 2 N–H and O–H groups in total. The Morgan fingerprint density at radius 1 is 0.793 bits per heavy atom. The Bertz CT molecular complexity index is 807. The molecule has 154 valence electrons. The molecule has 8 heteroatoms. The van der Waals surface area contributed by atoms with E-state index in [1.807, 2.05) is 47.4 Å². The summed E-state index contributed by atoms with van der Waals surface area (Å²) in [4.78, 5) is 34.9. The highest BCUT2D eigenvalue weighted by atomic mass is 35.5. The summed E-state index contributed by atoms with van der Waals surface area (Å²) in [7, 11) is 0. The van der Waals surface area contributed by atoms with Crippen LogP contribution in [0.1, 0.15) is 11.1 Å². The highest BCUT2D eigenvalue weighted by molar-refractivity contribution is 6.30. The fraction of sp³-hybridized carbons (Fsp3) is 0.286. The van der Waals surface area contributed by atoms with Crippen molar-refractivity contribution in [1.29, 1.82) is 0 Å². The van der Waals surface area contributed by atoms with Crippen molar-refractivity contribution in [2.45, 2.75) is 13.0 Å². The van der Waals surface area contributed by atoms with E-state index in [0.717, 1.165) is 43.3 Å². The molecular weight excluding hydrogens is 396 g/mol. The second-order valence-corrected chi connectivity index (χ2v) is 6.99. The number of hydrogen-bond acceptors (Lipinski definition) is 4. The quantitative estimate of drug-likeness (QED) is 0.740. The van der Waals surface area contributed by atoms with Gasteiger partial charge in [-0.05, 0) is 23.3 Å². The first-order valence-corrected chi connectivity index (χ1v) is 9.47. The third-order valence-corrected chi connectivity index (χ3v) is 4.68. The molecule has 1 saturated heterocycles. The summed E-state index contributed by atoms with van der Waals surface area (Å²) in [6.07, 6.45) is 0.498. The molecule has 0 aromatic heterocycles. The van der Waals surface area contributed by atoms with Gasteiger partial charge in [0.05, 0.1) is 6.42 Å². The molecule has 0 atom stereocenters. The molecule has 29 heavy (non-hydrogen) atoms. The zero-order valence-electron chi connectivity index (χ0n) is 15.8. The van der Waals surface area contributed by atoms with E-state index in [9.17, 15) is 4.79 Å². The zero-order valence-corrected chi connectivity index (χ0v) is 16.6. The van der Waals surface area contributed by atoms with Crippen molar-refractivity contribution >= 4 is 29.4 Å². The molecule has 1 amide bonds. The van der Waals surface area contributed by atoms with E-state index in [2.05, 4.69) is 17.0 Å². The molecule has 1 heterocycles. The van der Waals surface area contributed by atoms with Crippen molar-refractivity contribution in [3.63, 3.8) is 0 Å². The van der Waals surface area contributed by atoms with Gasteiger partial charge in [0.2, 0.25) is 5.91 Å².